The van der Waals surface area contributed by atoms with Crippen LogP contribution in [-0.2, 0) is 9.59 Å². The number of hydrogen-bond acceptors (Lipinski definition) is 6. The molecule has 3 atom stereocenters. The average molecular weight is 363 g/mol. The second kappa shape index (κ2) is 5.55. The average Bonchev–Trinajstić information content (AvgIpc) is 2.73. The van der Waals surface area contributed by atoms with E-state index in [1.54, 1.807) is 19.1 Å². The number of thioether (sulfide) groups is 1. The first-order valence-corrected chi connectivity index (χ1v) is 8.49. The van der Waals surface area contributed by atoms with Crippen molar-refractivity contribution in [3.63, 3.8) is 0 Å². The standard InChI is InChI=1S/C16H17N3O5S/c1-15(2)16(3,14(21)22)18-12(20)11(13(18)25-15)17-8-9-4-6-10(7-5-9)19(23)24/h4-8,11,13H,1-3H3,(H,21,22)/t11-,13+,16-/m0/s1. The summed E-state index contributed by atoms with van der Waals surface area (Å²) in [6.07, 6.45) is 1.49. The Morgan fingerprint density at radius 1 is 1.36 bits per heavy atom. The van der Waals surface area contributed by atoms with Gasteiger partial charge in [-0.2, -0.15) is 0 Å². The minimum Gasteiger partial charge on any atom is -0.479 e. The van der Waals surface area contributed by atoms with E-state index in [1.807, 2.05) is 13.8 Å². The summed E-state index contributed by atoms with van der Waals surface area (Å²) < 4.78 is -0.642. The summed E-state index contributed by atoms with van der Waals surface area (Å²) in [7, 11) is 0. The van der Waals surface area contributed by atoms with Crippen molar-refractivity contribution >= 4 is 35.5 Å². The van der Waals surface area contributed by atoms with Crippen LogP contribution in [0.15, 0.2) is 29.3 Å². The van der Waals surface area contributed by atoms with Crippen LogP contribution < -0.4 is 0 Å². The third-order valence-corrected chi connectivity index (χ3v) is 6.69. The molecule has 2 saturated heterocycles. The molecule has 25 heavy (non-hydrogen) atoms. The Morgan fingerprint density at radius 3 is 2.48 bits per heavy atom. The molecule has 0 aromatic heterocycles. The van der Waals surface area contributed by atoms with Crippen LogP contribution in [0.2, 0.25) is 0 Å². The third-order valence-electron chi connectivity index (χ3n) is 4.99. The van der Waals surface area contributed by atoms with Gasteiger partial charge in [0.05, 0.1) is 4.92 Å². The summed E-state index contributed by atoms with van der Waals surface area (Å²) in [5.74, 6) is -1.34. The lowest BCUT2D eigenvalue weighted by atomic mass is 9.83. The highest BCUT2D eigenvalue weighted by atomic mass is 32.2. The summed E-state index contributed by atoms with van der Waals surface area (Å²) in [6.45, 7) is 5.19. The number of nitrogens with zero attached hydrogens (tertiary/aromatic N) is 3. The van der Waals surface area contributed by atoms with Crippen molar-refractivity contribution in [1.82, 2.24) is 4.90 Å². The number of carboxylic acid groups (broad SMARTS) is 1. The van der Waals surface area contributed by atoms with Gasteiger partial charge in [0.1, 0.15) is 5.37 Å². The summed E-state index contributed by atoms with van der Waals surface area (Å²) in [6, 6.07) is 5.20. The summed E-state index contributed by atoms with van der Waals surface area (Å²) >= 11 is 1.43. The van der Waals surface area contributed by atoms with Gasteiger partial charge < -0.3 is 10.0 Å². The molecule has 0 saturated carbocycles. The van der Waals surface area contributed by atoms with E-state index in [0.29, 0.717) is 5.56 Å². The van der Waals surface area contributed by atoms with Crippen molar-refractivity contribution in [2.75, 3.05) is 0 Å². The molecule has 1 aromatic carbocycles. The highest BCUT2D eigenvalue weighted by Gasteiger charge is 2.70. The lowest BCUT2D eigenvalue weighted by Gasteiger charge is -2.46. The monoisotopic (exact) mass is 363 g/mol. The number of β-lactam (4-membered cyclic amide) rings is 1. The SMILES string of the molecule is CC1(C)S[C@@H]2[C@@H](N=Cc3ccc([N+](=O)[O-])cc3)C(=O)N2[C@@]1(C)C(=O)O. The Balaban J connectivity index is 1.80. The van der Waals surface area contributed by atoms with Crippen molar-refractivity contribution in [3.05, 3.63) is 39.9 Å². The van der Waals surface area contributed by atoms with Crippen molar-refractivity contribution < 1.29 is 19.6 Å². The Bertz CT molecular complexity index is 791. The van der Waals surface area contributed by atoms with Crippen molar-refractivity contribution in [1.29, 1.82) is 0 Å². The number of nitro groups is 1. The van der Waals surface area contributed by atoms with Crippen molar-refractivity contribution in [3.8, 4) is 0 Å². The van der Waals surface area contributed by atoms with Crippen LogP contribution >= 0.6 is 11.8 Å². The van der Waals surface area contributed by atoms with E-state index in [4.69, 9.17) is 0 Å². The lowest BCUT2D eigenvalue weighted by molar-refractivity contribution is -0.384. The molecule has 2 aliphatic heterocycles. The second-order valence-corrected chi connectivity index (χ2v) is 8.42. The van der Waals surface area contributed by atoms with Crippen LogP contribution in [0.25, 0.3) is 0 Å². The Morgan fingerprint density at radius 2 is 1.96 bits per heavy atom. The number of carboxylic acids is 1. The molecule has 0 bridgehead atoms. The molecule has 132 valence electrons. The maximum atomic E-state index is 12.5. The number of fused-ring (bicyclic) bond motifs is 1. The number of benzene rings is 1. The highest BCUT2D eigenvalue weighted by Crippen LogP contribution is 2.57. The minimum atomic E-state index is -1.28. The Labute approximate surface area is 148 Å². The van der Waals surface area contributed by atoms with Crippen LogP contribution in [0.3, 0.4) is 0 Å². The smallest absolute Gasteiger partial charge is 0.330 e. The molecule has 3 rings (SSSR count). The summed E-state index contributed by atoms with van der Waals surface area (Å²) in [5.41, 5.74) is -0.660. The zero-order chi connectivity index (χ0) is 18.6. The van der Waals surface area contributed by atoms with Gasteiger partial charge in [-0.3, -0.25) is 19.9 Å². The Kier molecular flexibility index (Phi) is 3.86. The number of carbonyl (C=O) groups excluding carboxylic acids is 1. The molecule has 0 unspecified atom stereocenters. The summed E-state index contributed by atoms with van der Waals surface area (Å²) in [4.78, 5) is 40.1. The quantitative estimate of drug-likeness (QED) is 0.378. The van der Waals surface area contributed by atoms with Gasteiger partial charge >= 0.3 is 5.97 Å². The van der Waals surface area contributed by atoms with Gasteiger partial charge in [0.15, 0.2) is 11.6 Å². The van der Waals surface area contributed by atoms with Gasteiger partial charge in [-0.25, -0.2) is 4.79 Å². The molecule has 1 aromatic rings. The van der Waals surface area contributed by atoms with Gasteiger partial charge in [-0.1, -0.05) is 0 Å². The molecule has 2 aliphatic rings. The predicted octanol–water partition coefficient (Wildman–Crippen LogP) is 1.92. The van der Waals surface area contributed by atoms with E-state index < -0.39 is 27.2 Å². The van der Waals surface area contributed by atoms with E-state index in [9.17, 15) is 24.8 Å². The van der Waals surface area contributed by atoms with Crippen LogP contribution in [0, 0.1) is 10.1 Å². The van der Waals surface area contributed by atoms with Crippen LogP contribution in [0.5, 0.6) is 0 Å². The maximum Gasteiger partial charge on any atom is 0.330 e. The molecule has 2 fully saturated rings. The van der Waals surface area contributed by atoms with Gasteiger partial charge in [0.25, 0.3) is 11.6 Å². The second-order valence-electron chi connectivity index (χ2n) is 6.68. The summed E-state index contributed by atoms with van der Waals surface area (Å²) in [5, 5.41) is 19.9. The first-order valence-electron chi connectivity index (χ1n) is 7.61. The van der Waals surface area contributed by atoms with Gasteiger partial charge in [0, 0.05) is 23.1 Å². The van der Waals surface area contributed by atoms with Crippen LogP contribution in [-0.4, -0.2) is 54.7 Å². The number of amides is 1. The molecule has 9 heteroatoms. The molecule has 0 spiro atoms. The van der Waals surface area contributed by atoms with Crippen molar-refractivity contribution in [2.24, 2.45) is 4.99 Å². The molecule has 2 heterocycles. The first kappa shape index (κ1) is 17.4. The van der Waals surface area contributed by atoms with E-state index in [-0.39, 0.29) is 17.0 Å². The Hall–Kier alpha value is -2.42. The normalized spacial score (nSPS) is 30.2. The van der Waals surface area contributed by atoms with Gasteiger partial charge in [-0.05, 0) is 38.5 Å². The third kappa shape index (κ3) is 2.41. The number of carbonyl (C=O) groups is 2. The zero-order valence-electron chi connectivity index (χ0n) is 13.9. The topological polar surface area (TPSA) is 113 Å². The fourth-order valence-corrected chi connectivity index (χ4v) is 4.85. The van der Waals surface area contributed by atoms with Crippen LogP contribution in [0.4, 0.5) is 5.69 Å². The molecule has 1 N–H and O–H groups in total. The number of non-ortho nitro benzene ring substituents is 1. The van der Waals surface area contributed by atoms with E-state index in [0.717, 1.165) is 0 Å². The first-order chi connectivity index (χ1) is 11.6. The molecule has 0 aliphatic carbocycles. The van der Waals surface area contributed by atoms with Crippen molar-refractivity contribution in [2.45, 2.75) is 42.5 Å². The fraction of sp³-hybridized carbons (Fsp3) is 0.438. The van der Waals surface area contributed by atoms with E-state index in [1.165, 1.54) is 35.0 Å². The zero-order valence-corrected chi connectivity index (χ0v) is 14.7. The number of aliphatic imine (C=N–C) groups is 1. The number of rotatable bonds is 4. The number of hydrogen-bond donors (Lipinski definition) is 1. The minimum absolute atomic E-state index is 0.0200. The van der Waals surface area contributed by atoms with E-state index in [2.05, 4.69) is 4.99 Å². The molecular formula is C16H17N3O5S. The highest BCUT2D eigenvalue weighted by molar-refractivity contribution is 8.01. The molecular weight excluding hydrogens is 346 g/mol. The maximum absolute atomic E-state index is 12.5. The predicted molar refractivity (Wildman–Crippen MR) is 92.8 cm³/mol. The molecule has 1 amide bonds. The number of aliphatic carboxylic acids is 1. The lowest BCUT2D eigenvalue weighted by Crippen LogP contribution is -2.70. The molecule has 0 radical (unpaired) electrons. The van der Waals surface area contributed by atoms with Gasteiger partial charge in [0.2, 0.25) is 0 Å². The van der Waals surface area contributed by atoms with Gasteiger partial charge in [-0.15, -0.1) is 11.8 Å². The fourth-order valence-electron chi connectivity index (χ4n) is 3.09. The number of nitro benzene ring substituents is 1. The molecule has 8 nitrogen and oxygen atoms in total. The van der Waals surface area contributed by atoms with E-state index >= 15 is 0 Å². The van der Waals surface area contributed by atoms with Crippen LogP contribution in [0.1, 0.15) is 26.3 Å². The largest absolute Gasteiger partial charge is 0.479 e.